The van der Waals surface area contributed by atoms with Crippen molar-refractivity contribution >= 4 is 0 Å². The van der Waals surface area contributed by atoms with Crippen molar-refractivity contribution in [3.63, 3.8) is 0 Å². The lowest BCUT2D eigenvalue weighted by molar-refractivity contribution is 0.147. The molecule has 0 spiro atoms. The highest BCUT2D eigenvalue weighted by atomic mass is 16.5. The zero-order chi connectivity index (χ0) is 14.4. The third-order valence-corrected chi connectivity index (χ3v) is 4.36. The van der Waals surface area contributed by atoms with Crippen molar-refractivity contribution in [2.24, 2.45) is 0 Å². The maximum atomic E-state index is 6.31. The van der Waals surface area contributed by atoms with Gasteiger partial charge in [-0.05, 0) is 37.7 Å². The van der Waals surface area contributed by atoms with Gasteiger partial charge in [0.25, 0.3) is 0 Å². The Bertz CT molecular complexity index is 411. The molecule has 0 amide bonds. The molecule has 0 radical (unpaired) electrons. The summed E-state index contributed by atoms with van der Waals surface area (Å²) in [4.78, 5) is 0. The van der Waals surface area contributed by atoms with Crippen LogP contribution in [0.1, 0.15) is 78.6 Å². The van der Waals surface area contributed by atoms with E-state index in [1.54, 1.807) is 0 Å². The largest absolute Gasteiger partial charge is 0.489 e. The monoisotopic (exact) mass is 274 g/mol. The van der Waals surface area contributed by atoms with Crippen molar-refractivity contribution in [1.82, 2.24) is 0 Å². The minimum atomic E-state index is 0.340. The Labute approximate surface area is 124 Å². The average molecular weight is 274 g/mol. The number of fused-ring (bicyclic) bond motifs is 1. The van der Waals surface area contributed by atoms with E-state index >= 15 is 0 Å². The summed E-state index contributed by atoms with van der Waals surface area (Å²) < 4.78 is 6.31. The van der Waals surface area contributed by atoms with Gasteiger partial charge in [-0.3, -0.25) is 0 Å². The normalized spacial score (nSPS) is 20.9. The number of hydrogen-bond donors (Lipinski definition) is 0. The topological polar surface area (TPSA) is 9.23 Å². The van der Waals surface area contributed by atoms with Gasteiger partial charge in [-0.25, -0.2) is 0 Å². The van der Waals surface area contributed by atoms with Crippen molar-refractivity contribution in [2.75, 3.05) is 0 Å². The van der Waals surface area contributed by atoms with Gasteiger partial charge >= 0.3 is 0 Å². The molecule has 20 heavy (non-hydrogen) atoms. The minimum Gasteiger partial charge on any atom is -0.489 e. The Morgan fingerprint density at radius 1 is 0.900 bits per heavy atom. The van der Waals surface area contributed by atoms with Crippen LogP contribution in [0.3, 0.4) is 0 Å². The molecule has 1 aliphatic heterocycles. The molecule has 112 valence electrons. The van der Waals surface area contributed by atoms with E-state index in [2.05, 4.69) is 32.9 Å². The van der Waals surface area contributed by atoms with Crippen LogP contribution >= 0.6 is 0 Å². The van der Waals surface area contributed by atoms with Crippen LogP contribution < -0.4 is 0 Å². The Morgan fingerprint density at radius 3 is 2.30 bits per heavy atom. The van der Waals surface area contributed by atoms with Crippen LogP contribution in [-0.4, -0.2) is 6.10 Å². The molecule has 1 unspecified atom stereocenters. The van der Waals surface area contributed by atoms with Crippen LogP contribution in [0.25, 0.3) is 0 Å². The lowest BCUT2D eigenvalue weighted by Gasteiger charge is -2.13. The third-order valence-electron chi connectivity index (χ3n) is 4.36. The highest BCUT2D eigenvalue weighted by Crippen LogP contribution is 2.44. The Hall–Kier alpha value is -0.980. The molecule has 0 aromatic heterocycles. The smallest absolute Gasteiger partial charge is 0.124 e. The van der Waals surface area contributed by atoms with Gasteiger partial charge < -0.3 is 4.74 Å². The van der Waals surface area contributed by atoms with E-state index in [4.69, 9.17) is 4.74 Å². The van der Waals surface area contributed by atoms with Crippen molar-refractivity contribution in [3.05, 3.63) is 34.6 Å². The molecule has 0 aromatic rings. The van der Waals surface area contributed by atoms with Crippen LogP contribution in [0, 0.1) is 0 Å². The first-order valence-electron chi connectivity index (χ1n) is 8.63. The van der Waals surface area contributed by atoms with Crippen LogP contribution in [0.2, 0.25) is 0 Å². The SMILES string of the molecule is CCCCC1=CC=C2C1=C(CCCC)OC2CCCC. The first kappa shape index (κ1) is 15.4. The standard InChI is InChI=1S/C19H30O/c1-4-7-10-15-13-14-16-17(11-8-5-2)20-18(19(15)16)12-9-6-3/h13-14,17H,4-12H2,1-3H3. The summed E-state index contributed by atoms with van der Waals surface area (Å²) in [7, 11) is 0. The van der Waals surface area contributed by atoms with Gasteiger partial charge in [0.1, 0.15) is 11.9 Å². The molecule has 0 fully saturated rings. The number of allylic oxidation sites excluding steroid dienone is 4. The first-order chi connectivity index (χ1) is 9.81. The summed E-state index contributed by atoms with van der Waals surface area (Å²) >= 11 is 0. The molecule has 1 heterocycles. The average Bonchev–Trinajstić information content (AvgIpc) is 3.02. The molecule has 1 nitrogen and oxygen atoms in total. The van der Waals surface area contributed by atoms with Crippen molar-refractivity contribution < 1.29 is 4.74 Å². The molecule has 0 saturated carbocycles. The summed E-state index contributed by atoms with van der Waals surface area (Å²) in [6.07, 6.45) is 16.1. The zero-order valence-electron chi connectivity index (χ0n) is 13.5. The molecule has 2 rings (SSSR count). The Morgan fingerprint density at radius 2 is 1.60 bits per heavy atom. The van der Waals surface area contributed by atoms with Gasteiger partial charge in [-0.15, -0.1) is 0 Å². The van der Waals surface area contributed by atoms with E-state index in [-0.39, 0.29) is 0 Å². The van der Waals surface area contributed by atoms with Crippen LogP contribution in [0.15, 0.2) is 34.6 Å². The maximum Gasteiger partial charge on any atom is 0.124 e. The Balaban J connectivity index is 2.09. The second-order valence-electron chi connectivity index (χ2n) is 6.07. The number of ether oxygens (including phenoxy) is 1. The van der Waals surface area contributed by atoms with Crippen LogP contribution in [0.4, 0.5) is 0 Å². The second kappa shape index (κ2) is 7.71. The lowest BCUT2D eigenvalue weighted by Crippen LogP contribution is -2.08. The van der Waals surface area contributed by atoms with Gasteiger partial charge in [-0.1, -0.05) is 52.2 Å². The number of hydrogen-bond acceptors (Lipinski definition) is 1. The highest BCUT2D eigenvalue weighted by molar-refractivity contribution is 5.60. The first-order valence-corrected chi connectivity index (χ1v) is 8.63. The fourth-order valence-corrected chi connectivity index (χ4v) is 3.15. The van der Waals surface area contributed by atoms with Gasteiger partial charge in [0.05, 0.1) is 0 Å². The second-order valence-corrected chi connectivity index (χ2v) is 6.07. The maximum absolute atomic E-state index is 6.31. The number of rotatable bonds is 9. The number of unbranched alkanes of at least 4 members (excludes halogenated alkanes) is 3. The van der Waals surface area contributed by atoms with Crippen molar-refractivity contribution in [1.29, 1.82) is 0 Å². The van der Waals surface area contributed by atoms with Gasteiger partial charge in [-0.2, -0.15) is 0 Å². The fraction of sp³-hybridized carbons (Fsp3) is 0.684. The molecule has 0 aromatic carbocycles. The van der Waals surface area contributed by atoms with Crippen LogP contribution in [0.5, 0.6) is 0 Å². The molecule has 1 atom stereocenters. The zero-order valence-corrected chi connectivity index (χ0v) is 13.5. The predicted molar refractivity (Wildman–Crippen MR) is 86.6 cm³/mol. The van der Waals surface area contributed by atoms with Gasteiger partial charge in [0.2, 0.25) is 0 Å². The summed E-state index contributed by atoms with van der Waals surface area (Å²) in [6.45, 7) is 6.79. The summed E-state index contributed by atoms with van der Waals surface area (Å²) in [5, 5.41) is 0. The van der Waals surface area contributed by atoms with Crippen LogP contribution in [-0.2, 0) is 4.74 Å². The quantitative estimate of drug-likeness (QED) is 0.495. The van der Waals surface area contributed by atoms with Gasteiger partial charge in [0, 0.05) is 17.6 Å². The molecular formula is C19H30O. The van der Waals surface area contributed by atoms with E-state index in [0.29, 0.717) is 6.10 Å². The van der Waals surface area contributed by atoms with E-state index in [1.807, 2.05) is 0 Å². The van der Waals surface area contributed by atoms with Gasteiger partial charge in [0.15, 0.2) is 0 Å². The minimum absolute atomic E-state index is 0.340. The fourth-order valence-electron chi connectivity index (χ4n) is 3.15. The highest BCUT2D eigenvalue weighted by Gasteiger charge is 2.33. The lowest BCUT2D eigenvalue weighted by atomic mass is 9.94. The molecule has 2 aliphatic rings. The molecular weight excluding hydrogens is 244 g/mol. The third kappa shape index (κ3) is 3.37. The molecule has 0 N–H and O–H groups in total. The van der Waals surface area contributed by atoms with E-state index < -0.39 is 0 Å². The molecule has 0 bridgehead atoms. The van der Waals surface area contributed by atoms with E-state index in [9.17, 15) is 0 Å². The van der Waals surface area contributed by atoms with Crippen molar-refractivity contribution in [2.45, 2.75) is 84.7 Å². The molecule has 0 saturated heterocycles. The molecule has 1 aliphatic carbocycles. The summed E-state index contributed by atoms with van der Waals surface area (Å²) in [5.74, 6) is 1.29. The van der Waals surface area contributed by atoms with E-state index in [0.717, 1.165) is 6.42 Å². The summed E-state index contributed by atoms with van der Waals surface area (Å²) in [5.41, 5.74) is 4.51. The van der Waals surface area contributed by atoms with Crippen molar-refractivity contribution in [3.8, 4) is 0 Å². The Kier molecular flexibility index (Phi) is 5.94. The molecule has 1 heteroatoms. The summed E-state index contributed by atoms with van der Waals surface area (Å²) in [6, 6.07) is 0. The predicted octanol–water partition coefficient (Wildman–Crippen LogP) is 6.08. The van der Waals surface area contributed by atoms with E-state index in [1.165, 1.54) is 73.8 Å².